The summed E-state index contributed by atoms with van der Waals surface area (Å²) in [6.07, 6.45) is 1.81. The van der Waals surface area contributed by atoms with Crippen molar-refractivity contribution < 1.29 is 0 Å². The van der Waals surface area contributed by atoms with Crippen molar-refractivity contribution in [3.63, 3.8) is 0 Å². The van der Waals surface area contributed by atoms with Crippen molar-refractivity contribution in [2.24, 2.45) is 0 Å². The largest absolute Gasteiger partial charge is 0.239 e. The lowest BCUT2D eigenvalue weighted by atomic mass is 10.2. The van der Waals surface area contributed by atoms with Crippen molar-refractivity contribution in [3.8, 4) is 11.8 Å². The van der Waals surface area contributed by atoms with Gasteiger partial charge in [0.15, 0.2) is 0 Å². The molecule has 15 heavy (non-hydrogen) atoms. The molecule has 1 aromatic carbocycles. The summed E-state index contributed by atoms with van der Waals surface area (Å²) in [6, 6.07) is 9.10. The van der Waals surface area contributed by atoms with Crippen LogP contribution in [0.5, 0.6) is 0 Å². The van der Waals surface area contributed by atoms with Gasteiger partial charge in [-0.2, -0.15) is 10.4 Å². The lowest BCUT2D eigenvalue weighted by molar-refractivity contribution is 0.860. The number of aromatic nitrogens is 2. The summed E-state index contributed by atoms with van der Waals surface area (Å²) in [4.78, 5) is 0. The molecule has 0 spiro atoms. The molecule has 0 saturated heterocycles. The van der Waals surface area contributed by atoms with Crippen LogP contribution in [0, 0.1) is 18.3 Å². The van der Waals surface area contributed by atoms with Crippen LogP contribution in [0.25, 0.3) is 5.69 Å². The Bertz CT molecular complexity index is 537. The second kappa shape index (κ2) is 3.76. The Hall–Kier alpha value is -1.79. The highest BCUT2D eigenvalue weighted by Crippen LogP contribution is 2.19. The first-order valence-corrected chi connectivity index (χ1v) is 4.81. The zero-order valence-corrected chi connectivity index (χ0v) is 8.86. The molecule has 0 atom stereocenters. The Morgan fingerprint density at radius 1 is 1.40 bits per heavy atom. The van der Waals surface area contributed by atoms with E-state index in [1.807, 2.05) is 19.2 Å². The Kier molecular flexibility index (Phi) is 2.44. The molecule has 0 unspecified atom stereocenters. The molecule has 0 amide bonds. The molecule has 0 bridgehead atoms. The molecule has 74 valence electrons. The summed E-state index contributed by atoms with van der Waals surface area (Å²) in [5.74, 6) is 0. The third kappa shape index (κ3) is 1.85. The van der Waals surface area contributed by atoms with Gasteiger partial charge in [-0.05, 0) is 31.2 Å². The fraction of sp³-hybridized carbons (Fsp3) is 0.0909. The van der Waals surface area contributed by atoms with Gasteiger partial charge in [-0.1, -0.05) is 11.6 Å². The summed E-state index contributed by atoms with van der Waals surface area (Å²) >= 11 is 5.88. The Morgan fingerprint density at radius 2 is 2.20 bits per heavy atom. The SMILES string of the molecule is Cc1ccn(-c2cc(Cl)ccc2C#N)n1. The van der Waals surface area contributed by atoms with Gasteiger partial charge in [0.2, 0.25) is 0 Å². The second-order valence-corrected chi connectivity index (χ2v) is 3.61. The monoisotopic (exact) mass is 217 g/mol. The van der Waals surface area contributed by atoms with Crippen LogP contribution in [0.4, 0.5) is 0 Å². The molecule has 0 aliphatic carbocycles. The van der Waals surface area contributed by atoms with Gasteiger partial charge in [-0.3, -0.25) is 0 Å². The first-order valence-electron chi connectivity index (χ1n) is 4.43. The Balaban J connectivity index is 2.61. The zero-order valence-electron chi connectivity index (χ0n) is 8.11. The Labute approximate surface area is 92.5 Å². The minimum atomic E-state index is 0.558. The van der Waals surface area contributed by atoms with Gasteiger partial charge in [-0.15, -0.1) is 0 Å². The lowest BCUT2D eigenvalue weighted by Gasteiger charge is -2.03. The van der Waals surface area contributed by atoms with E-state index in [0.717, 1.165) is 5.69 Å². The van der Waals surface area contributed by atoms with Crippen molar-refractivity contribution in [1.29, 1.82) is 5.26 Å². The van der Waals surface area contributed by atoms with E-state index in [2.05, 4.69) is 11.2 Å². The molecule has 1 heterocycles. The van der Waals surface area contributed by atoms with E-state index in [-0.39, 0.29) is 0 Å². The summed E-state index contributed by atoms with van der Waals surface area (Å²) in [6.45, 7) is 1.90. The molecule has 0 aliphatic heterocycles. The van der Waals surface area contributed by atoms with E-state index in [1.54, 1.807) is 22.9 Å². The van der Waals surface area contributed by atoms with Crippen LogP contribution in [0.15, 0.2) is 30.5 Å². The van der Waals surface area contributed by atoms with E-state index in [4.69, 9.17) is 16.9 Å². The minimum Gasteiger partial charge on any atom is -0.239 e. The molecule has 3 nitrogen and oxygen atoms in total. The van der Waals surface area contributed by atoms with Gasteiger partial charge in [0, 0.05) is 11.2 Å². The number of nitrogens with zero attached hydrogens (tertiary/aromatic N) is 3. The van der Waals surface area contributed by atoms with Crippen LogP contribution >= 0.6 is 11.6 Å². The molecule has 0 aliphatic rings. The van der Waals surface area contributed by atoms with E-state index >= 15 is 0 Å². The van der Waals surface area contributed by atoms with Crippen LogP contribution in [0.3, 0.4) is 0 Å². The van der Waals surface area contributed by atoms with Gasteiger partial charge in [0.05, 0.1) is 16.9 Å². The Morgan fingerprint density at radius 3 is 2.80 bits per heavy atom. The summed E-state index contributed by atoms with van der Waals surface area (Å²) < 4.78 is 1.65. The maximum atomic E-state index is 8.94. The van der Waals surface area contributed by atoms with Crippen molar-refractivity contribution >= 4 is 11.6 Å². The fourth-order valence-electron chi connectivity index (χ4n) is 1.34. The van der Waals surface area contributed by atoms with E-state index in [9.17, 15) is 0 Å². The number of rotatable bonds is 1. The van der Waals surface area contributed by atoms with Crippen LogP contribution in [-0.2, 0) is 0 Å². The number of nitriles is 1. The van der Waals surface area contributed by atoms with Gasteiger partial charge in [0.1, 0.15) is 6.07 Å². The standard InChI is InChI=1S/C11H8ClN3/c1-8-4-5-15(14-8)11-6-10(12)3-2-9(11)7-13/h2-6H,1H3. The van der Waals surface area contributed by atoms with E-state index < -0.39 is 0 Å². The van der Waals surface area contributed by atoms with Crippen LogP contribution in [-0.4, -0.2) is 9.78 Å². The van der Waals surface area contributed by atoms with E-state index in [1.165, 1.54) is 0 Å². The van der Waals surface area contributed by atoms with Crippen molar-refractivity contribution in [1.82, 2.24) is 9.78 Å². The summed E-state index contributed by atoms with van der Waals surface area (Å²) in [7, 11) is 0. The molecule has 4 heteroatoms. The molecule has 2 aromatic rings. The molecule has 0 fully saturated rings. The molecule has 0 radical (unpaired) electrons. The van der Waals surface area contributed by atoms with Gasteiger partial charge >= 0.3 is 0 Å². The van der Waals surface area contributed by atoms with Crippen LogP contribution in [0.1, 0.15) is 11.3 Å². The first kappa shape index (κ1) is 9.75. The predicted octanol–water partition coefficient (Wildman–Crippen LogP) is 2.71. The molecule has 0 saturated carbocycles. The average molecular weight is 218 g/mol. The molecule has 2 rings (SSSR count). The topological polar surface area (TPSA) is 41.6 Å². The molecular weight excluding hydrogens is 210 g/mol. The van der Waals surface area contributed by atoms with Gasteiger partial charge in [0.25, 0.3) is 0 Å². The zero-order chi connectivity index (χ0) is 10.8. The highest BCUT2D eigenvalue weighted by molar-refractivity contribution is 6.30. The van der Waals surface area contributed by atoms with Gasteiger partial charge in [-0.25, -0.2) is 4.68 Å². The fourth-order valence-corrected chi connectivity index (χ4v) is 1.50. The number of hydrogen-bond acceptors (Lipinski definition) is 2. The van der Waals surface area contributed by atoms with Crippen molar-refractivity contribution in [2.75, 3.05) is 0 Å². The second-order valence-electron chi connectivity index (χ2n) is 3.17. The number of benzene rings is 1. The van der Waals surface area contributed by atoms with E-state index in [0.29, 0.717) is 16.3 Å². The highest BCUT2D eigenvalue weighted by atomic mass is 35.5. The normalized spacial score (nSPS) is 9.93. The third-order valence-corrected chi connectivity index (χ3v) is 2.28. The first-order chi connectivity index (χ1) is 7.20. The smallest absolute Gasteiger partial charge is 0.101 e. The number of hydrogen-bond donors (Lipinski definition) is 0. The van der Waals surface area contributed by atoms with Crippen LogP contribution in [0.2, 0.25) is 5.02 Å². The quantitative estimate of drug-likeness (QED) is 0.737. The lowest BCUT2D eigenvalue weighted by Crippen LogP contribution is -1.98. The molecule has 1 aromatic heterocycles. The third-order valence-electron chi connectivity index (χ3n) is 2.05. The maximum absolute atomic E-state index is 8.94. The molecular formula is C11H8ClN3. The van der Waals surface area contributed by atoms with Crippen molar-refractivity contribution in [2.45, 2.75) is 6.92 Å². The number of aryl methyl sites for hydroxylation is 1. The van der Waals surface area contributed by atoms with Crippen molar-refractivity contribution in [3.05, 3.63) is 46.7 Å². The van der Waals surface area contributed by atoms with Crippen LogP contribution < -0.4 is 0 Å². The maximum Gasteiger partial charge on any atom is 0.101 e. The molecule has 0 N–H and O–H groups in total. The predicted molar refractivity (Wildman–Crippen MR) is 58.0 cm³/mol. The van der Waals surface area contributed by atoms with Gasteiger partial charge < -0.3 is 0 Å². The minimum absolute atomic E-state index is 0.558. The summed E-state index contributed by atoms with van der Waals surface area (Å²) in [5.41, 5.74) is 2.17. The number of halogens is 1. The highest BCUT2D eigenvalue weighted by Gasteiger charge is 2.05. The summed E-state index contributed by atoms with van der Waals surface area (Å²) in [5, 5.41) is 13.8. The average Bonchev–Trinajstić information content (AvgIpc) is 2.65.